The molecule has 3 aliphatic rings. The topological polar surface area (TPSA) is 133 Å². The van der Waals surface area contributed by atoms with Gasteiger partial charge in [0.05, 0.1) is 32.0 Å². The zero-order chi connectivity index (χ0) is 31.6. The summed E-state index contributed by atoms with van der Waals surface area (Å²) >= 11 is 0. The Kier molecular flexibility index (Phi) is 24.8. The maximum atomic E-state index is 11.9. The minimum absolute atomic E-state index is 0. The van der Waals surface area contributed by atoms with E-state index in [2.05, 4.69) is 0 Å². The number of piperidine rings is 2. The Morgan fingerprint density at radius 3 is 1.52 bits per heavy atom. The molecule has 0 spiro atoms. The Hall–Kier alpha value is -1.02. The van der Waals surface area contributed by atoms with E-state index in [1.807, 2.05) is 41.5 Å². The van der Waals surface area contributed by atoms with Gasteiger partial charge in [-0.1, -0.05) is 0 Å². The largest absolute Gasteiger partial charge is 1.00 e. The molecule has 0 radical (unpaired) electrons. The number of carbonyl (C=O) groups is 3. The van der Waals surface area contributed by atoms with Gasteiger partial charge in [0.15, 0.2) is 17.4 Å². The van der Waals surface area contributed by atoms with Crippen molar-refractivity contribution >= 4 is 35.5 Å². The Balaban J connectivity index is -0.000000643. The van der Waals surface area contributed by atoms with E-state index in [1.165, 1.54) is 12.8 Å². The predicted octanol–water partition coefficient (Wildman–Crippen LogP) is 0.0898. The monoisotopic (exact) mass is 642 g/mol. The molecule has 3 aliphatic heterocycles. The van der Waals surface area contributed by atoms with Gasteiger partial charge >= 0.3 is 37.0 Å². The van der Waals surface area contributed by atoms with Crippen LogP contribution in [0.25, 0.3) is 0 Å². The van der Waals surface area contributed by atoms with E-state index in [4.69, 9.17) is 33.5 Å². The van der Waals surface area contributed by atoms with Gasteiger partial charge in [0.1, 0.15) is 17.8 Å². The van der Waals surface area contributed by atoms with Crippen molar-refractivity contribution in [2.45, 2.75) is 110 Å². The van der Waals surface area contributed by atoms with Gasteiger partial charge in [-0.3, -0.25) is 0 Å². The van der Waals surface area contributed by atoms with Crippen LogP contribution in [0, 0.1) is 0 Å². The summed E-state index contributed by atoms with van der Waals surface area (Å²) in [5.41, 5.74) is -0.921. The van der Waals surface area contributed by atoms with Crippen molar-refractivity contribution in [3.05, 3.63) is 0 Å². The number of rotatable bonds is 7. The molecular weight excluding hydrogens is 582 g/mol. The zero-order valence-electron chi connectivity index (χ0n) is 29.0. The number of nitrogens with zero attached hydrogens (tertiary/aromatic N) is 2. The van der Waals surface area contributed by atoms with E-state index in [9.17, 15) is 14.4 Å². The summed E-state index contributed by atoms with van der Waals surface area (Å²) in [5.74, 6) is -0.345. The summed E-state index contributed by atoms with van der Waals surface area (Å²) in [6.45, 7) is 18.1. The smallest absolute Gasteiger partial charge is 1.00 e. The minimum Gasteiger partial charge on any atom is -1.00 e. The molecule has 0 bridgehead atoms. The molecule has 14 heteroatoms. The van der Waals surface area contributed by atoms with E-state index in [0.29, 0.717) is 52.2 Å². The fraction of sp³-hybridized carbons (Fsp3) is 0.900. The molecule has 0 unspecified atom stereocenters. The number of carbonyl (C=O) groups excluding carboxylic acids is 3. The van der Waals surface area contributed by atoms with Crippen LogP contribution >= 0.6 is 0 Å². The molecule has 3 rings (SSSR count). The van der Waals surface area contributed by atoms with E-state index >= 15 is 0 Å². The van der Waals surface area contributed by atoms with Crippen LogP contribution in [0.15, 0.2) is 0 Å². The van der Waals surface area contributed by atoms with Crippen molar-refractivity contribution in [3.63, 3.8) is 0 Å². The third-order valence-corrected chi connectivity index (χ3v) is 6.20. The molecule has 2 amide bonds. The summed E-state index contributed by atoms with van der Waals surface area (Å²) in [7, 11) is 0. The van der Waals surface area contributed by atoms with Gasteiger partial charge in [-0.2, -0.15) is 0 Å². The molecule has 0 atom stereocenters. The second-order valence-electron chi connectivity index (χ2n) is 12.4. The molecule has 0 aliphatic carbocycles. The van der Waals surface area contributed by atoms with Gasteiger partial charge < -0.3 is 44.8 Å². The van der Waals surface area contributed by atoms with Crippen LogP contribution in [0.1, 0.15) is 88.4 Å². The van der Waals surface area contributed by atoms with Gasteiger partial charge in [0.25, 0.3) is 0 Å². The zero-order valence-corrected chi connectivity index (χ0v) is 28.0. The summed E-state index contributed by atoms with van der Waals surface area (Å²) < 4.78 is 31.3. The van der Waals surface area contributed by atoms with Crippen LogP contribution in [0.3, 0.4) is 0 Å². The summed E-state index contributed by atoms with van der Waals surface area (Å²) in [6.07, 6.45) is 5.19. The van der Waals surface area contributed by atoms with Gasteiger partial charge in [-0.15, -0.1) is 0 Å². The number of hydrogen-bond acceptors (Lipinski definition) is 10. The summed E-state index contributed by atoms with van der Waals surface area (Å²) in [5, 5.41) is 8.66. The number of likely N-dealkylation sites (tertiary alicyclic amines) is 2. The van der Waals surface area contributed by atoms with E-state index in [1.54, 1.807) is 16.7 Å². The molecule has 3 fully saturated rings. The average Bonchev–Trinajstić information content (AvgIpc) is 3.51. The molecule has 0 aromatic heterocycles. The van der Waals surface area contributed by atoms with Gasteiger partial charge in [-0.05, 0) is 87.0 Å². The third-order valence-electron chi connectivity index (χ3n) is 6.20. The first-order valence-corrected chi connectivity index (χ1v) is 15.3. The third kappa shape index (κ3) is 22.5. The van der Waals surface area contributed by atoms with Gasteiger partial charge in [-0.25, -0.2) is 14.4 Å². The van der Waals surface area contributed by atoms with Crippen molar-refractivity contribution in [2.24, 2.45) is 0 Å². The standard InChI is InChI=1S/C14H25NO5.C12H23NO4.C4H8O.Al.Li.4H/c1-5-18-12(16)10-19-11-6-8-15(9-7-11)13(17)20-14(2,3)4;1-12(2,3)17-11(15)13-6-4-10(5-7-13)16-9-8-14;1-2-4-5-3-1;;;;;;/h11H,5-10H2,1-4H3;10,14H,4-9H2,1-3H3;1-4H2;;;;;;/q;;;;+1;;;;-1. The van der Waals surface area contributed by atoms with Crippen LogP contribution in [0.5, 0.6) is 0 Å². The Bertz CT molecular complexity index is 774. The quantitative estimate of drug-likeness (QED) is 0.232. The average molecular weight is 643 g/mol. The SMILES string of the molecule is C1CCOC1.CC(C)(C)OC(=O)N1CCC(OCCO)CC1.CCOC(=O)COC1CCN(C(=O)OC(C)(C)C)CC1.[AlH3].[H-].[Li+]. The predicted molar refractivity (Wildman–Crippen MR) is 168 cm³/mol. The fourth-order valence-corrected chi connectivity index (χ4v) is 4.18. The molecule has 254 valence electrons. The Labute approximate surface area is 288 Å². The molecule has 0 aromatic rings. The van der Waals surface area contributed by atoms with Crippen molar-refractivity contribution < 1.29 is 68.2 Å². The van der Waals surface area contributed by atoms with E-state index in [-0.39, 0.29) is 81.2 Å². The van der Waals surface area contributed by atoms with Crippen LogP contribution in [-0.2, 0) is 33.2 Å². The Morgan fingerprint density at radius 1 is 0.795 bits per heavy atom. The van der Waals surface area contributed by atoms with Crippen LogP contribution in [0.2, 0.25) is 0 Å². The summed E-state index contributed by atoms with van der Waals surface area (Å²) in [6, 6.07) is 0. The molecule has 3 heterocycles. The first-order chi connectivity index (χ1) is 19.7. The molecule has 0 saturated carbocycles. The fourth-order valence-electron chi connectivity index (χ4n) is 4.18. The van der Waals surface area contributed by atoms with Crippen molar-refractivity contribution in [1.82, 2.24) is 9.80 Å². The number of ether oxygens (including phenoxy) is 6. The normalized spacial score (nSPS) is 17.5. The number of esters is 1. The first-order valence-electron chi connectivity index (χ1n) is 15.3. The second-order valence-corrected chi connectivity index (χ2v) is 12.4. The van der Waals surface area contributed by atoms with Gasteiger partial charge in [0.2, 0.25) is 0 Å². The molecule has 1 N–H and O–H groups in total. The molecule has 3 saturated heterocycles. The number of aliphatic hydroxyl groups excluding tert-OH is 1. The number of aliphatic hydroxyl groups is 1. The van der Waals surface area contributed by atoms with Gasteiger partial charge in [0, 0.05) is 39.4 Å². The molecular formula is C30H60AlLiN2O10. The molecule has 0 aromatic carbocycles. The molecule has 12 nitrogen and oxygen atoms in total. The molecule has 44 heavy (non-hydrogen) atoms. The summed E-state index contributed by atoms with van der Waals surface area (Å²) in [4.78, 5) is 38.2. The Morgan fingerprint density at radius 2 is 1.20 bits per heavy atom. The van der Waals surface area contributed by atoms with Crippen molar-refractivity contribution in [1.29, 1.82) is 0 Å². The van der Waals surface area contributed by atoms with E-state index in [0.717, 1.165) is 26.1 Å². The first kappa shape index (κ1) is 45.1. The second kappa shape index (κ2) is 24.2. The van der Waals surface area contributed by atoms with Crippen molar-refractivity contribution in [3.8, 4) is 0 Å². The van der Waals surface area contributed by atoms with Crippen LogP contribution < -0.4 is 18.9 Å². The number of amides is 2. The number of hydrogen-bond donors (Lipinski definition) is 1. The maximum absolute atomic E-state index is 11.9. The maximum Gasteiger partial charge on any atom is 1.00 e. The van der Waals surface area contributed by atoms with Crippen LogP contribution in [-0.4, -0.2) is 140 Å². The van der Waals surface area contributed by atoms with Crippen molar-refractivity contribution in [2.75, 3.05) is 65.8 Å². The minimum atomic E-state index is -0.478. The van der Waals surface area contributed by atoms with Crippen LogP contribution in [0.4, 0.5) is 9.59 Å². The van der Waals surface area contributed by atoms with E-state index < -0.39 is 11.2 Å².